The van der Waals surface area contributed by atoms with Crippen molar-refractivity contribution in [1.29, 1.82) is 0 Å². The van der Waals surface area contributed by atoms with Crippen molar-refractivity contribution in [2.24, 2.45) is 0 Å². The first-order chi connectivity index (χ1) is 15.4. The van der Waals surface area contributed by atoms with E-state index in [1.54, 1.807) is 30.3 Å². The Morgan fingerprint density at radius 3 is 2.62 bits per heavy atom. The minimum absolute atomic E-state index is 0.0257. The van der Waals surface area contributed by atoms with Crippen LogP contribution in [0.15, 0.2) is 90.3 Å². The fraction of sp³-hybridized carbons (Fsp3) is 0.0435. The molecule has 0 saturated heterocycles. The van der Waals surface area contributed by atoms with Crippen molar-refractivity contribution < 1.29 is 17.6 Å². The molecule has 0 radical (unpaired) electrons. The predicted octanol–water partition coefficient (Wildman–Crippen LogP) is 5.07. The fourth-order valence-corrected chi connectivity index (χ4v) is 5.47. The molecule has 4 aromatic rings. The van der Waals surface area contributed by atoms with Crippen molar-refractivity contribution in [2.45, 2.75) is 4.90 Å². The second-order valence-corrected chi connectivity index (χ2v) is 9.67. The Labute approximate surface area is 188 Å². The van der Waals surface area contributed by atoms with Crippen LogP contribution in [-0.2, 0) is 10.0 Å². The first-order valence-corrected chi connectivity index (χ1v) is 11.8. The molecule has 0 aliphatic heterocycles. The summed E-state index contributed by atoms with van der Waals surface area (Å²) in [6.07, 6.45) is 1.50. The van der Waals surface area contributed by atoms with Crippen LogP contribution in [0.5, 0.6) is 0 Å². The number of carbonyl (C=O) groups is 1. The van der Waals surface area contributed by atoms with Gasteiger partial charge in [-0.15, -0.1) is 6.58 Å². The number of carbonyl (C=O) groups excluding carboxylic acids is 1. The van der Waals surface area contributed by atoms with E-state index in [4.69, 9.17) is 0 Å². The van der Waals surface area contributed by atoms with Gasteiger partial charge in [-0.05, 0) is 48.5 Å². The maximum absolute atomic E-state index is 13.4. The Balaban J connectivity index is 1.62. The number of anilines is 2. The van der Waals surface area contributed by atoms with E-state index >= 15 is 0 Å². The molecule has 1 amide bonds. The summed E-state index contributed by atoms with van der Waals surface area (Å²) in [6.45, 7) is 3.72. The van der Waals surface area contributed by atoms with Gasteiger partial charge in [0.25, 0.3) is 15.9 Å². The molecule has 1 N–H and O–H groups in total. The summed E-state index contributed by atoms with van der Waals surface area (Å²) in [7, 11) is -3.94. The van der Waals surface area contributed by atoms with Gasteiger partial charge in [0.05, 0.1) is 27.3 Å². The fourth-order valence-electron chi connectivity index (χ4n) is 3.10. The van der Waals surface area contributed by atoms with Crippen LogP contribution in [0.25, 0.3) is 10.2 Å². The maximum atomic E-state index is 13.4. The molecule has 0 aliphatic rings. The largest absolute Gasteiger partial charge is 0.298 e. The van der Waals surface area contributed by atoms with Crippen LogP contribution in [0.3, 0.4) is 0 Å². The molecule has 0 aliphatic carbocycles. The first-order valence-electron chi connectivity index (χ1n) is 9.55. The van der Waals surface area contributed by atoms with Crippen LogP contribution in [0.1, 0.15) is 10.4 Å². The lowest BCUT2D eigenvalue weighted by atomic mass is 10.2. The van der Waals surface area contributed by atoms with Crippen molar-refractivity contribution in [3.05, 3.63) is 96.8 Å². The second kappa shape index (κ2) is 8.89. The number of aromatic nitrogens is 1. The Bertz CT molecular complexity index is 1400. The van der Waals surface area contributed by atoms with Crippen LogP contribution < -0.4 is 9.62 Å². The van der Waals surface area contributed by atoms with E-state index in [9.17, 15) is 17.6 Å². The number of rotatable bonds is 7. The second-order valence-electron chi connectivity index (χ2n) is 6.77. The third-order valence-corrected chi connectivity index (χ3v) is 7.32. The zero-order valence-corrected chi connectivity index (χ0v) is 18.4. The van der Waals surface area contributed by atoms with Crippen molar-refractivity contribution in [3.8, 4) is 0 Å². The van der Waals surface area contributed by atoms with E-state index in [0.717, 1.165) is 11.3 Å². The molecule has 0 atom stereocenters. The molecule has 9 heteroatoms. The molecular weight excluding hydrogens is 449 g/mol. The Hall–Kier alpha value is -3.56. The topological polar surface area (TPSA) is 79.4 Å². The SMILES string of the molecule is C=CCN(c1ccccc1)S(=O)(=O)c1cccc(C(=O)Nc2nc3ccc(F)cc3s2)c1. The zero-order chi connectivity index (χ0) is 22.7. The molecule has 1 aromatic heterocycles. The summed E-state index contributed by atoms with van der Waals surface area (Å²) < 4.78 is 41.8. The molecular formula is C23H18FN3O3S2. The summed E-state index contributed by atoms with van der Waals surface area (Å²) in [5.74, 6) is -0.906. The molecule has 4 rings (SSSR count). The lowest BCUT2D eigenvalue weighted by Crippen LogP contribution is -2.31. The molecule has 0 bridgehead atoms. The number of hydrogen-bond acceptors (Lipinski definition) is 5. The third-order valence-electron chi connectivity index (χ3n) is 4.59. The number of hydrogen-bond donors (Lipinski definition) is 1. The van der Waals surface area contributed by atoms with Gasteiger partial charge in [-0.3, -0.25) is 14.4 Å². The van der Waals surface area contributed by atoms with E-state index in [2.05, 4.69) is 16.9 Å². The number of thiazole rings is 1. The zero-order valence-electron chi connectivity index (χ0n) is 16.7. The number of nitrogens with zero attached hydrogens (tertiary/aromatic N) is 2. The van der Waals surface area contributed by atoms with Gasteiger partial charge < -0.3 is 0 Å². The van der Waals surface area contributed by atoms with E-state index in [-0.39, 0.29) is 22.8 Å². The standard InChI is InChI=1S/C23H18FN3O3S2/c1-2-13-27(18-8-4-3-5-9-18)32(29,30)19-10-6-7-16(14-19)22(28)26-23-25-20-12-11-17(24)15-21(20)31-23/h2-12,14-15H,1,13H2,(H,25,26,28). The summed E-state index contributed by atoms with van der Waals surface area (Å²) >= 11 is 1.13. The van der Waals surface area contributed by atoms with Crippen molar-refractivity contribution >= 4 is 48.3 Å². The van der Waals surface area contributed by atoms with E-state index in [1.807, 2.05) is 0 Å². The lowest BCUT2D eigenvalue weighted by Gasteiger charge is -2.23. The number of fused-ring (bicyclic) bond motifs is 1. The van der Waals surface area contributed by atoms with Crippen LogP contribution >= 0.6 is 11.3 Å². The number of nitrogens with one attached hydrogen (secondary N) is 1. The average Bonchev–Trinajstić information content (AvgIpc) is 3.19. The van der Waals surface area contributed by atoms with E-state index in [0.29, 0.717) is 21.0 Å². The molecule has 0 saturated carbocycles. The average molecular weight is 468 g/mol. The van der Waals surface area contributed by atoms with Crippen LogP contribution in [0.2, 0.25) is 0 Å². The smallest absolute Gasteiger partial charge is 0.264 e. The predicted molar refractivity (Wildman–Crippen MR) is 125 cm³/mol. The summed E-state index contributed by atoms with van der Waals surface area (Å²) in [5.41, 5.74) is 1.21. The van der Waals surface area contributed by atoms with Crippen molar-refractivity contribution in [2.75, 3.05) is 16.2 Å². The van der Waals surface area contributed by atoms with Crippen molar-refractivity contribution in [1.82, 2.24) is 4.98 Å². The van der Waals surface area contributed by atoms with Gasteiger partial charge in [-0.1, -0.05) is 41.7 Å². The van der Waals surface area contributed by atoms with Crippen molar-refractivity contribution in [3.63, 3.8) is 0 Å². The quantitative estimate of drug-likeness (QED) is 0.385. The van der Waals surface area contributed by atoms with Crippen LogP contribution in [-0.4, -0.2) is 25.9 Å². The van der Waals surface area contributed by atoms with Gasteiger partial charge in [0.1, 0.15) is 5.82 Å². The van der Waals surface area contributed by atoms with Crippen LogP contribution in [0.4, 0.5) is 15.2 Å². The molecule has 1 heterocycles. The van der Waals surface area contributed by atoms with Gasteiger partial charge in [0.15, 0.2) is 5.13 Å². The van der Waals surface area contributed by atoms with Gasteiger partial charge in [-0.25, -0.2) is 17.8 Å². The third kappa shape index (κ3) is 4.39. The molecule has 32 heavy (non-hydrogen) atoms. The summed E-state index contributed by atoms with van der Waals surface area (Å²) in [4.78, 5) is 17.0. The minimum atomic E-state index is -3.94. The number of amides is 1. The van der Waals surface area contributed by atoms with E-state index in [1.165, 1.54) is 52.8 Å². The minimum Gasteiger partial charge on any atom is -0.298 e. The highest BCUT2D eigenvalue weighted by atomic mass is 32.2. The summed E-state index contributed by atoms with van der Waals surface area (Å²) in [5, 5.41) is 2.95. The normalized spacial score (nSPS) is 11.3. The molecule has 0 spiro atoms. The lowest BCUT2D eigenvalue weighted by molar-refractivity contribution is 0.102. The Morgan fingerprint density at radius 1 is 1.09 bits per heavy atom. The molecule has 0 fully saturated rings. The van der Waals surface area contributed by atoms with Gasteiger partial charge in [0.2, 0.25) is 0 Å². The number of para-hydroxylation sites is 1. The van der Waals surface area contributed by atoms with Gasteiger partial charge >= 0.3 is 0 Å². The number of benzene rings is 3. The maximum Gasteiger partial charge on any atom is 0.264 e. The highest BCUT2D eigenvalue weighted by molar-refractivity contribution is 7.92. The van der Waals surface area contributed by atoms with Gasteiger partial charge in [-0.2, -0.15) is 0 Å². The molecule has 0 unspecified atom stereocenters. The highest BCUT2D eigenvalue weighted by Gasteiger charge is 2.25. The number of halogens is 1. The Morgan fingerprint density at radius 2 is 1.88 bits per heavy atom. The molecule has 3 aromatic carbocycles. The summed E-state index contributed by atoms with van der Waals surface area (Å²) in [6, 6.07) is 18.6. The monoisotopic (exact) mass is 467 g/mol. The van der Waals surface area contributed by atoms with Gasteiger partial charge in [0, 0.05) is 5.56 Å². The highest BCUT2D eigenvalue weighted by Crippen LogP contribution is 2.28. The van der Waals surface area contributed by atoms with Crippen LogP contribution in [0, 0.1) is 5.82 Å². The molecule has 6 nitrogen and oxygen atoms in total. The molecule has 162 valence electrons. The Kier molecular flexibility index (Phi) is 6.02. The first kappa shape index (κ1) is 21.7. The number of sulfonamides is 1. The van der Waals surface area contributed by atoms with E-state index < -0.39 is 15.9 Å².